The van der Waals surface area contributed by atoms with E-state index >= 15 is 0 Å². The number of carbonyl (C=O) groups is 2. The van der Waals surface area contributed by atoms with Crippen molar-refractivity contribution in [2.45, 2.75) is 44.7 Å². The van der Waals surface area contributed by atoms with Crippen LogP contribution >= 0.6 is 0 Å². The number of ether oxygens (including phenoxy) is 1. The summed E-state index contributed by atoms with van der Waals surface area (Å²) in [6.45, 7) is 0.435. The summed E-state index contributed by atoms with van der Waals surface area (Å²) in [7, 11) is 1.36. The van der Waals surface area contributed by atoms with Crippen LogP contribution < -0.4 is 10.2 Å². The zero-order valence-corrected chi connectivity index (χ0v) is 15.7. The van der Waals surface area contributed by atoms with Crippen LogP contribution in [0.15, 0.2) is 54.6 Å². The van der Waals surface area contributed by atoms with Crippen molar-refractivity contribution in [3.8, 4) is 0 Å². The van der Waals surface area contributed by atoms with Crippen molar-refractivity contribution in [1.29, 1.82) is 0 Å². The first-order valence-electron chi connectivity index (χ1n) is 9.47. The Labute approximate surface area is 160 Å². The lowest BCUT2D eigenvalue weighted by molar-refractivity contribution is 0.0600. The van der Waals surface area contributed by atoms with E-state index in [1.807, 2.05) is 42.5 Å². The molecule has 0 aromatic heterocycles. The van der Waals surface area contributed by atoms with Gasteiger partial charge < -0.3 is 10.1 Å². The van der Waals surface area contributed by atoms with Crippen LogP contribution in [0.3, 0.4) is 0 Å². The highest BCUT2D eigenvalue weighted by atomic mass is 16.5. The number of nitrogens with zero attached hydrogens (tertiary/aromatic N) is 1. The van der Waals surface area contributed by atoms with Gasteiger partial charge >= 0.3 is 12.0 Å². The molecule has 0 bridgehead atoms. The van der Waals surface area contributed by atoms with E-state index < -0.39 is 0 Å². The Morgan fingerprint density at radius 2 is 1.67 bits per heavy atom. The Kier molecular flexibility index (Phi) is 6.47. The highest BCUT2D eigenvalue weighted by Crippen LogP contribution is 2.21. The van der Waals surface area contributed by atoms with Crippen molar-refractivity contribution in [2.75, 3.05) is 12.0 Å². The second-order valence-corrected chi connectivity index (χ2v) is 6.89. The Morgan fingerprint density at radius 1 is 1.00 bits per heavy atom. The van der Waals surface area contributed by atoms with E-state index in [9.17, 15) is 9.59 Å². The van der Waals surface area contributed by atoms with Gasteiger partial charge in [0.25, 0.3) is 0 Å². The first-order chi connectivity index (χ1) is 13.2. The molecule has 3 rings (SSSR count). The van der Waals surface area contributed by atoms with Gasteiger partial charge in [-0.05, 0) is 42.7 Å². The van der Waals surface area contributed by atoms with Crippen molar-refractivity contribution >= 4 is 17.7 Å². The number of anilines is 1. The first kappa shape index (κ1) is 19.0. The summed E-state index contributed by atoms with van der Waals surface area (Å²) in [6, 6.07) is 17.0. The van der Waals surface area contributed by atoms with E-state index in [0.717, 1.165) is 24.1 Å². The topological polar surface area (TPSA) is 58.6 Å². The van der Waals surface area contributed by atoms with Crippen molar-refractivity contribution in [2.24, 2.45) is 0 Å². The number of carbonyl (C=O) groups excluding carboxylic acids is 2. The molecule has 5 nitrogen and oxygen atoms in total. The van der Waals surface area contributed by atoms with Crippen LogP contribution in [0.4, 0.5) is 10.5 Å². The molecule has 0 heterocycles. The van der Waals surface area contributed by atoms with Crippen molar-refractivity contribution in [1.82, 2.24) is 5.32 Å². The Morgan fingerprint density at radius 3 is 2.30 bits per heavy atom. The predicted molar refractivity (Wildman–Crippen MR) is 106 cm³/mol. The third kappa shape index (κ3) is 5.09. The minimum atomic E-state index is -0.364. The molecule has 1 saturated carbocycles. The molecule has 1 aliphatic rings. The maximum Gasteiger partial charge on any atom is 0.337 e. The van der Waals surface area contributed by atoms with Gasteiger partial charge in [0.2, 0.25) is 0 Å². The number of benzene rings is 2. The van der Waals surface area contributed by atoms with E-state index in [1.165, 1.54) is 26.4 Å². The number of para-hydroxylation sites is 1. The van der Waals surface area contributed by atoms with E-state index in [4.69, 9.17) is 4.74 Å². The van der Waals surface area contributed by atoms with Crippen LogP contribution in [0.25, 0.3) is 0 Å². The molecule has 0 aliphatic heterocycles. The average Bonchev–Trinajstić information content (AvgIpc) is 2.73. The van der Waals surface area contributed by atoms with Gasteiger partial charge in [0.1, 0.15) is 0 Å². The summed E-state index contributed by atoms with van der Waals surface area (Å²) in [4.78, 5) is 26.3. The molecule has 27 heavy (non-hydrogen) atoms. The van der Waals surface area contributed by atoms with E-state index in [2.05, 4.69) is 5.32 Å². The van der Waals surface area contributed by atoms with Gasteiger partial charge in [-0.2, -0.15) is 0 Å². The number of nitrogens with one attached hydrogen (secondary N) is 1. The number of amides is 2. The van der Waals surface area contributed by atoms with Crippen LogP contribution in [-0.2, 0) is 11.3 Å². The minimum absolute atomic E-state index is 0.0786. The largest absolute Gasteiger partial charge is 0.465 e. The van der Waals surface area contributed by atoms with E-state index in [0.29, 0.717) is 12.1 Å². The Bertz CT molecular complexity index is 753. The monoisotopic (exact) mass is 366 g/mol. The summed E-state index contributed by atoms with van der Waals surface area (Å²) in [5.74, 6) is -0.364. The molecule has 1 aliphatic carbocycles. The normalized spacial score (nSPS) is 14.4. The minimum Gasteiger partial charge on any atom is -0.465 e. The van der Waals surface area contributed by atoms with Crippen LogP contribution in [-0.4, -0.2) is 25.2 Å². The standard InChI is InChI=1S/C22H26N2O3/c1-27-21(25)18-14-12-17(13-15-18)16-24(20-10-6-3-7-11-20)22(26)23-19-8-4-2-5-9-19/h3,6-7,10-15,19H,2,4-5,8-9,16H2,1H3,(H,23,26). The third-order valence-corrected chi connectivity index (χ3v) is 4.96. The molecule has 0 radical (unpaired) electrons. The van der Waals surface area contributed by atoms with Gasteiger partial charge in [-0.1, -0.05) is 49.6 Å². The summed E-state index contributed by atoms with van der Waals surface area (Å²) in [5, 5.41) is 3.19. The second-order valence-electron chi connectivity index (χ2n) is 6.89. The Balaban J connectivity index is 1.75. The molecule has 142 valence electrons. The molecule has 1 fully saturated rings. The molecule has 1 N–H and O–H groups in total. The molecule has 0 spiro atoms. The fraction of sp³-hybridized carbons (Fsp3) is 0.364. The number of hydrogen-bond donors (Lipinski definition) is 1. The highest BCUT2D eigenvalue weighted by Gasteiger charge is 2.21. The van der Waals surface area contributed by atoms with Gasteiger partial charge in [-0.15, -0.1) is 0 Å². The summed E-state index contributed by atoms with van der Waals surface area (Å²) < 4.78 is 4.74. The number of esters is 1. The molecular weight excluding hydrogens is 340 g/mol. The number of urea groups is 1. The van der Waals surface area contributed by atoms with Crippen molar-refractivity contribution in [3.05, 3.63) is 65.7 Å². The van der Waals surface area contributed by atoms with Crippen LogP contribution in [0.5, 0.6) is 0 Å². The van der Waals surface area contributed by atoms with E-state index in [-0.39, 0.29) is 18.0 Å². The van der Waals surface area contributed by atoms with Crippen molar-refractivity contribution in [3.63, 3.8) is 0 Å². The quantitative estimate of drug-likeness (QED) is 0.792. The fourth-order valence-corrected chi connectivity index (χ4v) is 3.43. The smallest absolute Gasteiger partial charge is 0.337 e. The molecule has 0 unspecified atom stereocenters. The van der Waals surface area contributed by atoms with E-state index in [1.54, 1.807) is 17.0 Å². The zero-order chi connectivity index (χ0) is 19.1. The molecule has 0 saturated heterocycles. The highest BCUT2D eigenvalue weighted by molar-refractivity contribution is 5.92. The van der Waals surface area contributed by atoms with Gasteiger partial charge in [-0.3, -0.25) is 4.90 Å². The zero-order valence-electron chi connectivity index (χ0n) is 15.7. The lowest BCUT2D eigenvalue weighted by Crippen LogP contribution is -2.45. The van der Waals surface area contributed by atoms with Gasteiger partial charge in [0, 0.05) is 11.7 Å². The summed E-state index contributed by atoms with van der Waals surface area (Å²) in [5.41, 5.74) is 2.30. The lowest BCUT2D eigenvalue weighted by atomic mass is 9.96. The summed E-state index contributed by atoms with van der Waals surface area (Å²) in [6.07, 6.45) is 5.68. The van der Waals surface area contributed by atoms with Gasteiger partial charge in [-0.25, -0.2) is 9.59 Å². The lowest BCUT2D eigenvalue weighted by Gasteiger charge is -2.28. The fourth-order valence-electron chi connectivity index (χ4n) is 3.43. The van der Waals surface area contributed by atoms with Crippen LogP contribution in [0.1, 0.15) is 48.0 Å². The number of methoxy groups -OCH3 is 1. The average molecular weight is 366 g/mol. The maximum absolute atomic E-state index is 13.0. The maximum atomic E-state index is 13.0. The third-order valence-electron chi connectivity index (χ3n) is 4.96. The SMILES string of the molecule is COC(=O)c1ccc(CN(C(=O)NC2CCCCC2)c2ccccc2)cc1. The number of hydrogen-bond acceptors (Lipinski definition) is 3. The predicted octanol–water partition coefficient (Wildman–Crippen LogP) is 4.52. The van der Waals surface area contributed by atoms with Crippen LogP contribution in [0.2, 0.25) is 0 Å². The molecule has 2 aromatic rings. The van der Waals surface area contributed by atoms with Gasteiger partial charge in [0.05, 0.1) is 19.2 Å². The van der Waals surface area contributed by atoms with Crippen molar-refractivity contribution < 1.29 is 14.3 Å². The molecule has 0 atom stereocenters. The summed E-state index contributed by atoms with van der Waals surface area (Å²) >= 11 is 0. The molecule has 2 aromatic carbocycles. The first-order valence-corrected chi connectivity index (χ1v) is 9.47. The molecular formula is C22H26N2O3. The van der Waals surface area contributed by atoms with Gasteiger partial charge in [0.15, 0.2) is 0 Å². The molecule has 5 heteroatoms. The second kappa shape index (κ2) is 9.21. The van der Waals surface area contributed by atoms with Crippen LogP contribution in [0, 0.1) is 0 Å². The number of rotatable bonds is 5. The Hall–Kier alpha value is -2.82. The molecule has 2 amide bonds.